The molecule has 0 aliphatic carbocycles. The van der Waals surface area contributed by atoms with Gasteiger partial charge < -0.3 is 4.74 Å². The van der Waals surface area contributed by atoms with Crippen molar-refractivity contribution in [3.8, 4) is 17.9 Å². The van der Waals surface area contributed by atoms with Gasteiger partial charge in [0.05, 0.1) is 12.8 Å². The Morgan fingerprint density at radius 2 is 2.06 bits per heavy atom. The summed E-state index contributed by atoms with van der Waals surface area (Å²) in [5.41, 5.74) is 3.89. The van der Waals surface area contributed by atoms with Crippen LogP contribution in [0.15, 0.2) is 21.7 Å². The van der Waals surface area contributed by atoms with Crippen molar-refractivity contribution in [2.45, 2.75) is 6.92 Å². The van der Waals surface area contributed by atoms with Crippen molar-refractivity contribution in [1.82, 2.24) is 0 Å². The summed E-state index contributed by atoms with van der Waals surface area (Å²) in [6.45, 7) is 1.88. The summed E-state index contributed by atoms with van der Waals surface area (Å²) < 4.78 is 6.14. The highest BCUT2D eigenvalue weighted by atomic mass is 79.9. The van der Waals surface area contributed by atoms with Crippen LogP contribution in [0.2, 0.25) is 0 Å². The van der Waals surface area contributed by atoms with E-state index in [4.69, 9.17) is 15.3 Å². The second-order valence-corrected chi connectivity index (χ2v) is 3.90. The summed E-state index contributed by atoms with van der Waals surface area (Å²) >= 11 is 3.38. The molecule has 5 nitrogen and oxygen atoms in total. The summed E-state index contributed by atoms with van der Waals surface area (Å²) in [6.07, 6.45) is 0. The molecule has 6 heteroatoms. The van der Waals surface area contributed by atoms with Crippen molar-refractivity contribution in [2.24, 2.45) is 5.10 Å². The van der Waals surface area contributed by atoms with Gasteiger partial charge in [-0.1, -0.05) is 15.9 Å². The average Bonchev–Trinajstić information content (AvgIpc) is 2.35. The molecule has 1 N–H and O–H groups in total. The zero-order valence-corrected chi connectivity index (χ0v) is 10.9. The maximum absolute atomic E-state index is 8.55. The van der Waals surface area contributed by atoms with Gasteiger partial charge in [-0.15, -0.1) is 0 Å². The van der Waals surface area contributed by atoms with Crippen LogP contribution >= 0.6 is 15.9 Å². The van der Waals surface area contributed by atoms with Crippen molar-refractivity contribution in [3.05, 3.63) is 22.2 Å². The lowest BCUT2D eigenvalue weighted by molar-refractivity contribution is 0.413. The van der Waals surface area contributed by atoms with E-state index in [-0.39, 0.29) is 5.71 Å². The van der Waals surface area contributed by atoms with Crippen molar-refractivity contribution < 1.29 is 4.74 Å². The average molecular weight is 293 g/mol. The third-order valence-corrected chi connectivity index (χ3v) is 2.90. The van der Waals surface area contributed by atoms with Crippen LogP contribution in [0.4, 0.5) is 5.69 Å². The molecule has 0 saturated heterocycles. The molecule has 86 valence electrons. The van der Waals surface area contributed by atoms with Gasteiger partial charge in [-0.3, -0.25) is 5.43 Å². The molecule has 0 heterocycles. The first-order valence-corrected chi connectivity index (χ1v) is 5.40. The highest BCUT2D eigenvalue weighted by Crippen LogP contribution is 2.33. The predicted octanol–water partition coefficient (Wildman–Crippen LogP) is 2.58. The summed E-state index contributed by atoms with van der Waals surface area (Å²) in [5.74, 6) is 0.610. The Labute approximate surface area is 107 Å². The molecule has 0 amide bonds. The molecule has 0 saturated carbocycles. The normalized spacial score (nSPS) is 8.76. The Hall–Kier alpha value is -2.05. The van der Waals surface area contributed by atoms with Crippen LogP contribution in [0, 0.1) is 29.6 Å². The Morgan fingerprint density at radius 3 is 2.59 bits per heavy atom. The van der Waals surface area contributed by atoms with E-state index in [9.17, 15) is 0 Å². The van der Waals surface area contributed by atoms with E-state index in [1.54, 1.807) is 25.3 Å². The van der Waals surface area contributed by atoms with Crippen LogP contribution in [-0.4, -0.2) is 12.8 Å². The van der Waals surface area contributed by atoms with E-state index in [2.05, 4.69) is 26.5 Å². The standard InChI is InChI=1S/C11H9BrN4O/c1-7-9(12)3-4-10(11(7)17-2)16-15-8(5-13)6-14/h3-4,16H,1-2H3. The third kappa shape index (κ3) is 2.96. The Morgan fingerprint density at radius 1 is 1.41 bits per heavy atom. The second kappa shape index (κ2) is 5.88. The molecule has 17 heavy (non-hydrogen) atoms. The SMILES string of the molecule is COc1c(NN=C(C#N)C#N)ccc(Br)c1C. The van der Waals surface area contributed by atoms with Crippen molar-refractivity contribution in [3.63, 3.8) is 0 Å². The molecule has 1 rings (SSSR count). The molecule has 0 radical (unpaired) electrons. The fraction of sp³-hybridized carbons (Fsp3) is 0.182. The molecule has 0 bridgehead atoms. The zero-order chi connectivity index (χ0) is 12.8. The van der Waals surface area contributed by atoms with Gasteiger partial charge in [0.25, 0.3) is 0 Å². The number of anilines is 1. The van der Waals surface area contributed by atoms with Crippen molar-refractivity contribution in [1.29, 1.82) is 10.5 Å². The second-order valence-electron chi connectivity index (χ2n) is 3.05. The fourth-order valence-electron chi connectivity index (χ4n) is 1.21. The molecule has 0 aliphatic heterocycles. The number of ether oxygens (including phenoxy) is 1. The number of rotatable bonds is 3. The highest BCUT2D eigenvalue weighted by molar-refractivity contribution is 9.10. The van der Waals surface area contributed by atoms with Gasteiger partial charge in [0.1, 0.15) is 17.9 Å². The lowest BCUT2D eigenvalue weighted by Gasteiger charge is -2.11. The number of nitrogens with one attached hydrogen (secondary N) is 1. The van der Waals surface area contributed by atoms with Gasteiger partial charge in [0.15, 0.2) is 0 Å². The molecule has 0 fully saturated rings. The smallest absolute Gasteiger partial charge is 0.237 e. The molecule has 0 unspecified atom stereocenters. The van der Waals surface area contributed by atoms with Gasteiger partial charge in [0.2, 0.25) is 5.71 Å². The first-order valence-electron chi connectivity index (χ1n) is 4.61. The third-order valence-electron chi connectivity index (χ3n) is 2.04. The lowest BCUT2D eigenvalue weighted by Crippen LogP contribution is -1.99. The summed E-state index contributed by atoms with van der Waals surface area (Å²) in [6, 6.07) is 6.89. The number of benzene rings is 1. The van der Waals surface area contributed by atoms with Crippen LogP contribution < -0.4 is 10.2 Å². The van der Waals surface area contributed by atoms with Crippen LogP contribution in [0.1, 0.15) is 5.56 Å². The van der Waals surface area contributed by atoms with E-state index in [1.807, 2.05) is 13.0 Å². The monoisotopic (exact) mass is 292 g/mol. The largest absolute Gasteiger partial charge is 0.494 e. The van der Waals surface area contributed by atoms with Gasteiger partial charge in [-0.25, -0.2) is 0 Å². The van der Waals surface area contributed by atoms with Crippen LogP contribution in [-0.2, 0) is 0 Å². The summed E-state index contributed by atoms with van der Waals surface area (Å²) in [5, 5.41) is 20.8. The lowest BCUT2D eigenvalue weighted by atomic mass is 10.2. The molecular formula is C11H9BrN4O. The number of nitriles is 2. The molecule has 0 spiro atoms. The minimum atomic E-state index is -0.243. The van der Waals surface area contributed by atoms with E-state index >= 15 is 0 Å². The quantitative estimate of drug-likeness (QED) is 0.686. The number of hydrazone groups is 1. The minimum Gasteiger partial charge on any atom is -0.494 e. The number of hydrogen-bond acceptors (Lipinski definition) is 5. The maximum Gasteiger partial charge on any atom is 0.237 e. The van der Waals surface area contributed by atoms with Crippen LogP contribution in [0.5, 0.6) is 5.75 Å². The molecule has 0 atom stereocenters. The Bertz CT molecular complexity index is 524. The minimum absolute atomic E-state index is 0.243. The Balaban J connectivity index is 3.10. The van der Waals surface area contributed by atoms with E-state index in [0.717, 1.165) is 10.0 Å². The van der Waals surface area contributed by atoms with Gasteiger partial charge in [-0.05, 0) is 19.1 Å². The van der Waals surface area contributed by atoms with Crippen molar-refractivity contribution in [2.75, 3.05) is 12.5 Å². The summed E-state index contributed by atoms with van der Waals surface area (Å²) in [4.78, 5) is 0. The van der Waals surface area contributed by atoms with Crippen LogP contribution in [0.3, 0.4) is 0 Å². The van der Waals surface area contributed by atoms with Gasteiger partial charge in [-0.2, -0.15) is 15.6 Å². The zero-order valence-electron chi connectivity index (χ0n) is 9.28. The number of halogens is 1. The van der Waals surface area contributed by atoms with E-state index in [1.165, 1.54) is 0 Å². The molecule has 0 aromatic heterocycles. The molecule has 0 aliphatic rings. The topological polar surface area (TPSA) is 81.2 Å². The maximum atomic E-state index is 8.55. The van der Waals surface area contributed by atoms with Crippen molar-refractivity contribution >= 4 is 27.3 Å². The first-order chi connectivity index (χ1) is 8.13. The first kappa shape index (κ1) is 13.0. The Kier molecular flexibility index (Phi) is 4.50. The molecule has 1 aromatic rings. The van der Waals surface area contributed by atoms with Crippen LogP contribution in [0.25, 0.3) is 0 Å². The van der Waals surface area contributed by atoms with Gasteiger partial charge in [0, 0.05) is 10.0 Å². The predicted molar refractivity (Wildman–Crippen MR) is 67.7 cm³/mol. The number of nitrogens with zero attached hydrogens (tertiary/aromatic N) is 3. The molecule has 1 aromatic carbocycles. The number of hydrogen-bond donors (Lipinski definition) is 1. The van der Waals surface area contributed by atoms with Gasteiger partial charge >= 0.3 is 0 Å². The van der Waals surface area contributed by atoms with E-state index < -0.39 is 0 Å². The summed E-state index contributed by atoms with van der Waals surface area (Å²) in [7, 11) is 1.54. The fourth-order valence-corrected chi connectivity index (χ4v) is 1.52. The van der Waals surface area contributed by atoms with E-state index in [0.29, 0.717) is 11.4 Å². The molecular weight excluding hydrogens is 284 g/mol. The number of methoxy groups -OCH3 is 1. The highest BCUT2D eigenvalue weighted by Gasteiger charge is 2.08.